The van der Waals surface area contributed by atoms with Crippen LogP contribution in [-0.2, 0) is 24.3 Å². The zero-order chi connectivity index (χ0) is 26.6. The van der Waals surface area contributed by atoms with Gasteiger partial charge in [-0.2, -0.15) is 5.10 Å². The molecule has 3 aromatic rings. The summed E-state index contributed by atoms with van der Waals surface area (Å²) in [5.41, 5.74) is 5.07. The van der Waals surface area contributed by atoms with Gasteiger partial charge in [0, 0.05) is 85.7 Å². The van der Waals surface area contributed by atoms with Crippen molar-refractivity contribution < 1.29 is 14.6 Å². The van der Waals surface area contributed by atoms with Gasteiger partial charge in [0.05, 0.1) is 25.5 Å². The van der Waals surface area contributed by atoms with Crippen molar-refractivity contribution >= 4 is 23.2 Å². The number of amides is 1. The highest BCUT2D eigenvalue weighted by Crippen LogP contribution is 2.31. The highest BCUT2D eigenvalue weighted by atomic mass is 35.5. The molecule has 1 unspecified atom stereocenters. The van der Waals surface area contributed by atoms with E-state index in [0.29, 0.717) is 37.2 Å². The fourth-order valence-electron chi connectivity index (χ4n) is 5.51. The molecule has 0 spiro atoms. The number of nitrogens with zero attached hydrogens (tertiary/aromatic N) is 4. The molecule has 1 atom stereocenters. The minimum Gasteiger partial charge on any atom is -0.497 e. The molecule has 1 fully saturated rings. The summed E-state index contributed by atoms with van der Waals surface area (Å²) in [6.07, 6.45) is 2.22. The maximum absolute atomic E-state index is 12.1. The first-order chi connectivity index (χ1) is 18.4. The molecule has 0 saturated carbocycles. The van der Waals surface area contributed by atoms with Gasteiger partial charge in [-0.25, -0.2) is 0 Å². The topological polar surface area (TPSA) is 82.9 Å². The number of fused-ring (bicyclic) bond motifs is 1. The number of likely N-dealkylation sites (tertiary alicyclic amines) is 1. The summed E-state index contributed by atoms with van der Waals surface area (Å²) >= 11 is 6.11. The molecule has 2 aliphatic rings. The first-order valence-corrected chi connectivity index (χ1v) is 13.7. The van der Waals surface area contributed by atoms with Gasteiger partial charge in [-0.05, 0) is 37.1 Å². The summed E-state index contributed by atoms with van der Waals surface area (Å²) < 4.78 is 7.29. The average molecular weight is 538 g/mol. The van der Waals surface area contributed by atoms with Crippen molar-refractivity contribution in [2.45, 2.75) is 51.4 Å². The van der Waals surface area contributed by atoms with E-state index in [-0.39, 0.29) is 5.91 Å². The van der Waals surface area contributed by atoms with Crippen LogP contribution in [-0.4, -0.2) is 76.0 Å². The van der Waals surface area contributed by atoms with Crippen LogP contribution < -0.4 is 10.1 Å². The Morgan fingerprint density at radius 2 is 1.92 bits per heavy atom. The predicted octanol–water partition coefficient (Wildman–Crippen LogP) is 4.05. The van der Waals surface area contributed by atoms with Crippen LogP contribution >= 0.6 is 11.6 Å². The Morgan fingerprint density at radius 1 is 1.16 bits per heavy atom. The van der Waals surface area contributed by atoms with E-state index < -0.39 is 6.10 Å². The number of carbonyl (C=O) groups excluding carboxylic acids is 1. The number of aromatic nitrogens is 2. The van der Waals surface area contributed by atoms with Crippen LogP contribution in [0.25, 0.3) is 11.3 Å². The van der Waals surface area contributed by atoms with E-state index in [1.165, 1.54) is 0 Å². The van der Waals surface area contributed by atoms with Crippen LogP contribution in [0.3, 0.4) is 0 Å². The molecule has 2 N–H and O–H groups in total. The summed E-state index contributed by atoms with van der Waals surface area (Å²) in [4.78, 5) is 16.3. The number of aliphatic hydroxyl groups is 1. The smallest absolute Gasteiger partial charge is 0.219 e. The molecule has 2 aliphatic heterocycles. The van der Waals surface area contributed by atoms with E-state index in [1.807, 2.05) is 52.0 Å². The maximum atomic E-state index is 12.1. The van der Waals surface area contributed by atoms with Crippen LogP contribution in [0.4, 0.5) is 5.69 Å². The van der Waals surface area contributed by atoms with E-state index in [1.54, 1.807) is 14.0 Å². The molecular formula is C29H36ClN5O3. The fourth-order valence-corrected chi connectivity index (χ4v) is 5.64. The molecule has 0 aliphatic carbocycles. The number of anilines is 1. The molecule has 1 amide bonds. The molecule has 0 radical (unpaired) electrons. The zero-order valence-electron chi connectivity index (χ0n) is 22.1. The summed E-state index contributed by atoms with van der Waals surface area (Å²) in [5.74, 6) is 0.916. The van der Waals surface area contributed by atoms with Gasteiger partial charge in [0.25, 0.3) is 0 Å². The molecule has 1 aromatic heterocycles. The number of hydrogen-bond acceptors (Lipinski definition) is 6. The third-order valence-corrected chi connectivity index (χ3v) is 7.83. The number of benzene rings is 2. The van der Waals surface area contributed by atoms with Crippen molar-refractivity contribution in [3.63, 3.8) is 0 Å². The third kappa shape index (κ3) is 6.14. The lowest BCUT2D eigenvalue weighted by Gasteiger charge is -2.34. The summed E-state index contributed by atoms with van der Waals surface area (Å²) in [6, 6.07) is 16.1. The van der Waals surface area contributed by atoms with Gasteiger partial charge < -0.3 is 25.0 Å². The second kappa shape index (κ2) is 11.8. The molecule has 3 heterocycles. The van der Waals surface area contributed by atoms with Crippen LogP contribution in [0.15, 0.2) is 48.5 Å². The highest BCUT2D eigenvalue weighted by Gasteiger charge is 2.28. The Balaban J connectivity index is 1.22. The molecule has 202 valence electrons. The number of piperidine rings is 1. The van der Waals surface area contributed by atoms with Crippen molar-refractivity contribution in [3.8, 4) is 17.0 Å². The predicted molar refractivity (Wildman–Crippen MR) is 150 cm³/mol. The zero-order valence-corrected chi connectivity index (χ0v) is 22.8. The number of hydrogen-bond donors (Lipinski definition) is 2. The fraction of sp³-hybridized carbons (Fsp3) is 0.448. The maximum Gasteiger partial charge on any atom is 0.219 e. The highest BCUT2D eigenvalue weighted by molar-refractivity contribution is 6.30. The Morgan fingerprint density at radius 3 is 2.63 bits per heavy atom. The number of rotatable bonds is 8. The number of aliphatic hydroxyl groups excluding tert-OH is 1. The van der Waals surface area contributed by atoms with Crippen molar-refractivity contribution in [2.75, 3.05) is 38.6 Å². The normalized spacial score (nSPS) is 17.2. The standard InChI is InChI=1S/C29H36ClN5O3/c1-20(36)34-15-12-28-27(19-34)29(21-6-8-22(30)9-7-21)32-35(28)18-25(37)17-33-13-10-23(11-14-33)31-24-4-3-5-26(16-24)38-2/h3-9,16,23,25,31,37H,10-15,17-19H2,1-2H3. The van der Waals surface area contributed by atoms with Crippen LogP contribution in [0.5, 0.6) is 5.75 Å². The number of carbonyl (C=O) groups is 1. The second-order valence-electron chi connectivity index (χ2n) is 10.3. The van der Waals surface area contributed by atoms with Gasteiger partial charge in [-0.1, -0.05) is 29.8 Å². The van der Waals surface area contributed by atoms with Crippen molar-refractivity contribution in [1.29, 1.82) is 0 Å². The lowest BCUT2D eigenvalue weighted by Crippen LogP contribution is -2.43. The van der Waals surface area contributed by atoms with Crippen molar-refractivity contribution in [3.05, 3.63) is 64.8 Å². The van der Waals surface area contributed by atoms with E-state index in [4.69, 9.17) is 21.4 Å². The summed E-state index contributed by atoms with van der Waals surface area (Å²) in [6.45, 7) is 5.70. The first kappa shape index (κ1) is 26.5. The molecule has 2 aromatic carbocycles. The number of β-amino-alcohol motifs (C(OH)–C–C–N with tert-alkyl or cyclic N) is 1. The molecule has 38 heavy (non-hydrogen) atoms. The van der Waals surface area contributed by atoms with Gasteiger partial charge in [0.1, 0.15) is 5.75 Å². The minimum atomic E-state index is -0.536. The third-order valence-electron chi connectivity index (χ3n) is 7.58. The first-order valence-electron chi connectivity index (χ1n) is 13.3. The Labute approximate surface area is 229 Å². The Bertz CT molecular complexity index is 1250. The van der Waals surface area contributed by atoms with Crippen LogP contribution in [0.2, 0.25) is 5.02 Å². The Kier molecular flexibility index (Phi) is 8.21. The van der Waals surface area contributed by atoms with Gasteiger partial charge in [-0.3, -0.25) is 9.48 Å². The molecule has 1 saturated heterocycles. The van der Waals surface area contributed by atoms with Gasteiger partial charge in [0.15, 0.2) is 0 Å². The van der Waals surface area contributed by atoms with E-state index in [9.17, 15) is 9.90 Å². The summed E-state index contributed by atoms with van der Waals surface area (Å²) in [7, 11) is 1.68. The van der Waals surface area contributed by atoms with Crippen molar-refractivity contribution in [1.82, 2.24) is 19.6 Å². The van der Waals surface area contributed by atoms with Crippen LogP contribution in [0, 0.1) is 0 Å². The molecular weight excluding hydrogens is 502 g/mol. The number of methoxy groups -OCH3 is 1. The van der Waals surface area contributed by atoms with Gasteiger partial charge >= 0.3 is 0 Å². The van der Waals surface area contributed by atoms with E-state index >= 15 is 0 Å². The molecule has 8 nitrogen and oxygen atoms in total. The Hall–Kier alpha value is -3.07. The summed E-state index contributed by atoms with van der Waals surface area (Å²) in [5, 5.41) is 20.3. The molecule has 9 heteroatoms. The van der Waals surface area contributed by atoms with E-state index in [2.05, 4.69) is 16.3 Å². The lowest BCUT2D eigenvalue weighted by atomic mass is 10.0. The minimum absolute atomic E-state index is 0.0646. The molecule has 0 bridgehead atoms. The average Bonchev–Trinajstić information content (AvgIpc) is 3.27. The number of halogens is 1. The number of ether oxygens (including phenoxy) is 1. The second-order valence-corrected chi connectivity index (χ2v) is 10.7. The lowest BCUT2D eigenvalue weighted by molar-refractivity contribution is -0.129. The van der Waals surface area contributed by atoms with Crippen LogP contribution in [0.1, 0.15) is 31.0 Å². The quantitative estimate of drug-likeness (QED) is 0.451. The SMILES string of the molecule is COc1cccc(NC2CCN(CC(O)Cn3nc(-c4ccc(Cl)cc4)c4c3CCN(C(C)=O)C4)CC2)c1. The monoisotopic (exact) mass is 537 g/mol. The molecule has 5 rings (SSSR count). The van der Waals surface area contributed by atoms with Gasteiger partial charge in [-0.15, -0.1) is 0 Å². The number of nitrogens with one attached hydrogen (secondary N) is 1. The van der Waals surface area contributed by atoms with Gasteiger partial charge in [0.2, 0.25) is 5.91 Å². The van der Waals surface area contributed by atoms with E-state index in [0.717, 1.165) is 66.3 Å². The van der Waals surface area contributed by atoms with Crippen molar-refractivity contribution in [2.24, 2.45) is 0 Å². The largest absolute Gasteiger partial charge is 0.497 e.